The Balaban J connectivity index is 1.46. The van der Waals surface area contributed by atoms with E-state index in [2.05, 4.69) is 6.92 Å². The van der Waals surface area contributed by atoms with Gasteiger partial charge in [-0.15, -0.1) is 0 Å². The van der Waals surface area contributed by atoms with Crippen molar-refractivity contribution in [2.75, 3.05) is 29.5 Å². The van der Waals surface area contributed by atoms with Gasteiger partial charge >= 0.3 is 5.97 Å². The molecular weight excluding hydrogens is 410 g/mol. The molecular formula is C24H27N3O5. The summed E-state index contributed by atoms with van der Waals surface area (Å²) >= 11 is 0. The lowest BCUT2D eigenvalue weighted by Crippen LogP contribution is -2.38. The summed E-state index contributed by atoms with van der Waals surface area (Å²) in [4.78, 5) is 40.2. The number of hydrogen-bond acceptors (Lipinski definition) is 6. The standard InChI is InChI=1S/C24H27N3O5/c1-16-6-5-11-25(14-16)21-10-9-19(13-22(21)27(30)31)24(29)32-15-23(28)26-17(2)12-18-7-3-4-8-20(18)26/h3-4,7-10,13,16-17H,5-6,11-12,14-15H2,1-2H3/t16-,17+/m0/s1. The van der Waals surface area contributed by atoms with Crippen LogP contribution in [0, 0.1) is 16.0 Å². The van der Waals surface area contributed by atoms with Crippen LogP contribution in [0.1, 0.15) is 42.6 Å². The van der Waals surface area contributed by atoms with Crippen LogP contribution in [0.5, 0.6) is 0 Å². The van der Waals surface area contributed by atoms with E-state index in [-0.39, 0.29) is 23.2 Å². The second-order valence-electron chi connectivity index (χ2n) is 8.68. The first kappa shape index (κ1) is 21.8. The van der Waals surface area contributed by atoms with Gasteiger partial charge in [0.25, 0.3) is 11.6 Å². The predicted octanol–water partition coefficient (Wildman–Crippen LogP) is 3.97. The van der Waals surface area contributed by atoms with Gasteiger partial charge in [-0.1, -0.05) is 25.1 Å². The van der Waals surface area contributed by atoms with Crippen molar-refractivity contribution in [2.45, 2.75) is 39.2 Å². The third kappa shape index (κ3) is 4.30. The monoisotopic (exact) mass is 437 g/mol. The van der Waals surface area contributed by atoms with Gasteiger partial charge in [-0.05, 0) is 55.9 Å². The van der Waals surface area contributed by atoms with E-state index in [0.29, 0.717) is 11.6 Å². The molecule has 0 bridgehead atoms. The first-order valence-electron chi connectivity index (χ1n) is 11.0. The Kier molecular flexibility index (Phi) is 6.12. The maximum Gasteiger partial charge on any atom is 0.338 e. The molecule has 0 saturated carbocycles. The highest BCUT2D eigenvalue weighted by Gasteiger charge is 2.31. The molecule has 2 heterocycles. The molecule has 32 heavy (non-hydrogen) atoms. The third-order valence-corrected chi connectivity index (χ3v) is 6.21. The Morgan fingerprint density at radius 2 is 1.94 bits per heavy atom. The minimum absolute atomic E-state index is 0.0223. The second kappa shape index (κ2) is 8.98. The summed E-state index contributed by atoms with van der Waals surface area (Å²) in [6.07, 6.45) is 2.82. The summed E-state index contributed by atoms with van der Waals surface area (Å²) in [6, 6.07) is 12.0. The van der Waals surface area contributed by atoms with Crippen LogP contribution in [-0.4, -0.2) is 42.5 Å². The van der Waals surface area contributed by atoms with Gasteiger partial charge < -0.3 is 14.5 Å². The van der Waals surface area contributed by atoms with E-state index in [1.807, 2.05) is 36.1 Å². The van der Waals surface area contributed by atoms with Gasteiger partial charge in [0.1, 0.15) is 5.69 Å². The maximum atomic E-state index is 12.8. The normalized spacial score (nSPS) is 20.1. The Hall–Kier alpha value is -3.42. The number of carbonyl (C=O) groups is 2. The summed E-state index contributed by atoms with van der Waals surface area (Å²) in [5.74, 6) is -0.610. The molecule has 2 aromatic carbocycles. The van der Waals surface area contributed by atoms with Crippen LogP contribution in [0.4, 0.5) is 17.1 Å². The van der Waals surface area contributed by atoms with E-state index in [9.17, 15) is 19.7 Å². The molecule has 1 amide bonds. The van der Waals surface area contributed by atoms with E-state index >= 15 is 0 Å². The molecule has 4 rings (SSSR count). The van der Waals surface area contributed by atoms with E-state index in [4.69, 9.17) is 4.74 Å². The molecule has 168 valence electrons. The first-order chi connectivity index (χ1) is 15.3. The molecule has 0 radical (unpaired) electrons. The van der Waals surface area contributed by atoms with Crippen LogP contribution < -0.4 is 9.80 Å². The molecule has 0 aromatic heterocycles. The molecule has 2 aliphatic rings. The van der Waals surface area contributed by atoms with Crippen LogP contribution in [0.25, 0.3) is 0 Å². The van der Waals surface area contributed by atoms with Crippen LogP contribution in [0.2, 0.25) is 0 Å². The third-order valence-electron chi connectivity index (χ3n) is 6.21. The second-order valence-corrected chi connectivity index (χ2v) is 8.68. The topological polar surface area (TPSA) is 93.0 Å². The smallest absolute Gasteiger partial charge is 0.338 e. The number of para-hydroxylation sites is 1. The number of nitro groups is 1. The molecule has 2 atom stereocenters. The lowest BCUT2D eigenvalue weighted by atomic mass is 9.99. The average molecular weight is 437 g/mol. The molecule has 0 spiro atoms. The summed E-state index contributed by atoms with van der Waals surface area (Å²) in [7, 11) is 0. The number of esters is 1. The lowest BCUT2D eigenvalue weighted by Gasteiger charge is -2.32. The highest BCUT2D eigenvalue weighted by molar-refractivity contribution is 5.99. The van der Waals surface area contributed by atoms with Crippen molar-refractivity contribution in [3.05, 3.63) is 63.7 Å². The molecule has 1 saturated heterocycles. The number of benzene rings is 2. The first-order valence-corrected chi connectivity index (χ1v) is 11.0. The fourth-order valence-corrected chi connectivity index (χ4v) is 4.70. The van der Waals surface area contributed by atoms with E-state index in [1.165, 1.54) is 12.1 Å². The highest BCUT2D eigenvalue weighted by Crippen LogP contribution is 2.33. The zero-order valence-corrected chi connectivity index (χ0v) is 18.3. The van der Waals surface area contributed by atoms with Crippen molar-refractivity contribution in [1.29, 1.82) is 0 Å². The van der Waals surface area contributed by atoms with Gasteiger partial charge in [0.15, 0.2) is 6.61 Å². The van der Waals surface area contributed by atoms with Gasteiger partial charge in [-0.25, -0.2) is 4.79 Å². The number of carbonyl (C=O) groups excluding carboxylic acids is 2. The molecule has 0 aliphatic carbocycles. The number of rotatable bonds is 5. The van der Waals surface area contributed by atoms with Gasteiger partial charge in [0.2, 0.25) is 0 Å². The van der Waals surface area contributed by atoms with Gasteiger partial charge in [0, 0.05) is 30.9 Å². The Labute approximate surface area is 186 Å². The summed E-state index contributed by atoms with van der Waals surface area (Å²) in [5, 5.41) is 11.7. The van der Waals surface area contributed by atoms with E-state index < -0.39 is 17.5 Å². The Morgan fingerprint density at radius 3 is 2.69 bits per heavy atom. The zero-order chi connectivity index (χ0) is 22.8. The van der Waals surface area contributed by atoms with Crippen molar-refractivity contribution in [3.8, 4) is 0 Å². The van der Waals surface area contributed by atoms with E-state index in [0.717, 1.165) is 43.6 Å². The highest BCUT2D eigenvalue weighted by atomic mass is 16.6. The van der Waals surface area contributed by atoms with Gasteiger partial charge in [0.05, 0.1) is 10.5 Å². The maximum absolute atomic E-state index is 12.8. The van der Waals surface area contributed by atoms with Crippen molar-refractivity contribution in [2.24, 2.45) is 5.92 Å². The number of nitrogens with zero attached hydrogens (tertiary/aromatic N) is 3. The van der Waals surface area contributed by atoms with E-state index in [1.54, 1.807) is 11.0 Å². The Bertz CT molecular complexity index is 1050. The fourth-order valence-electron chi connectivity index (χ4n) is 4.70. The van der Waals surface area contributed by atoms with Gasteiger partial charge in [-0.3, -0.25) is 14.9 Å². The molecule has 8 nitrogen and oxygen atoms in total. The largest absolute Gasteiger partial charge is 0.452 e. The van der Waals surface area contributed by atoms with Crippen molar-refractivity contribution in [1.82, 2.24) is 0 Å². The summed E-state index contributed by atoms with van der Waals surface area (Å²) in [5.41, 5.74) is 2.36. The van der Waals surface area contributed by atoms with Crippen molar-refractivity contribution >= 4 is 28.9 Å². The van der Waals surface area contributed by atoms with Gasteiger partial charge in [-0.2, -0.15) is 0 Å². The fraction of sp³-hybridized carbons (Fsp3) is 0.417. The number of fused-ring (bicyclic) bond motifs is 1. The number of anilines is 2. The number of hydrogen-bond donors (Lipinski definition) is 0. The number of amides is 1. The Morgan fingerprint density at radius 1 is 1.16 bits per heavy atom. The van der Waals surface area contributed by atoms with Crippen LogP contribution in [0.15, 0.2) is 42.5 Å². The number of piperidine rings is 1. The predicted molar refractivity (Wildman–Crippen MR) is 121 cm³/mol. The molecule has 1 fully saturated rings. The molecule has 8 heteroatoms. The van der Waals surface area contributed by atoms with Crippen molar-refractivity contribution < 1.29 is 19.2 Å². The SMILES string of the molecule is C[C@H]1CCCN(c2ccc(C(=O)OCC(=O)N3c4ccccc4C[C@H]3C)cc2[N+](=O)[O-])C1. The molecule has 2 aromatic rings. The zero-order valence-electron chi connectivity index (χ0n) is 18.3. The summed E-state index contributed by atoms with van der Waals surface area (Å²) < 4.78 is 5.24. The van der Waals surface area contributed by atoms with Crippen molar-refractivity contribution in [3.63, 3.8) is 0 Å². The quantitative estimate of drug-likeness (QED) is 0.399. The van der Waals surface area contributed by atoms with Crippen LogP contribution in [-0.2, 0) is 16.0 Å². The summed E-state index contributed by atoms with van der Waals surface area (Å²) in [6.45, 7) is 5.15. The minimum atomic E-state index is -0.750. The van der Waals surface area contributed by atoms with Crippen LogP contribution >= 0.6 is 0 Å². The number of nitro benzene ring substituents is 1. The lowest BCUT2D eigenvalue weighted by molar-refractivity contribution is -0.384. The van der Waals surface area contributed by atoms with Crippen LogP contribution in [0.3, 0.4) is 0 Å². The molecule has 0 N–H and O–H groups in total. The average Bonchev–Trinajstić information content (AvgIpc) is 3.12. The molecule has 0 unspecified atom stereocenters. The molecule has 2 aliphatic heterocycles. The number of ether oxygens (including phenoxy) is 1. The minimum Gasteiger partial charge on any atom is -0.452 e.